The van der Waals surface area contributed by atoms with Gasteiger partial charge in [0.1, 0.15) is 11.5 Å². The molecule has 1 saturated carbocycles. The first-order chi connectivity index (χ1) is 10.6. The van der Waals surface area contributed by atoms with Gasteiger partial charge in [0.2, 0.25) is 0 Å². The maximum Gasteiger partial charge on any atom is 0.334 e. The van der Waals surface area contributed by atoms with Crippen LogP contribution in [0.3, 0.4) is 0 Å². The van der Waals surface area contributed by atoms with Crippen LogP contribution in [0.5, 0.6) is 0 Å². The molecule has 0 unspecified atom stereocenters. The maximum atomic E-state index is 11.4. The molecule has 1 aromatic heterocycles. The van der Waals surface area contributed by atoms with Crippen LogP contribution < -0.4 is 0 Å². The van der Waals surface area contributed by atoms with Gasteiger partial charge in [-0.05, 0) is 56.3 Å². The number of ether oxygens (including phenoxy) is 1. The number of carbonyl (C=O) groups is 1. The standard InChI is InChI=1S/C17H25NO4/c1-11-9-14(11)15-4-3-13(22-15)10-18-7-5-12(6-8-18)16(19)17(20)21-2/h3-4,11-12,14,16,19H,5-10H2,1-2H3/t11-,14+,16+/m0/s1. The predicted octanol–water partition coefficient (Wildman–Crippen LogP) is 2.15. The van der Waals surface area contributed by atoms with Crippen LogP contribution in [0.15, 0.2) is 16.5 Å². The zero-order chi connectivity index (χ0) is 15.7. The summed E-state index contributed by atoms with van der Waals surface area (Å²) in [5.41, 5.74) is 0. The first kappa shape index (κ1) is 15.6. The lowest BCUT2D eigenvalue weighted by Gasteiger charge is -2.32. The largest absolute Gasteiger partial charge is 0.467 e. The molecule has 22 heavy (non-hydrogen) atoms. The number of hydrogen-bond donors (Lipinski definition) is 1. The van der Waals surface area contributed by atoms with Crippen LogP contribution in [-0.2, 0) is 16.1 Å². The van der Waals surface area contributed by atoms with Gasteiger partial charge in [-0.3, -0.25) is 4.90 Å². The third-order valence-electron chi connectivity index (χ3n) is 5.06. The molecule has 2 aliphatic rings. The van der Waals surface area contributed by atoms with Gasteiger partial charge in [-0.15, -0.1) is 0 Å². The van der Waals surface area contributed by atoms with E-state index in [1.807, 2.05) is 0 Å². The molecule has 3 rings (SSSR count). The molecule has 5 nitrogen and oxygen atoms in total. The molecule has 0 aromatic carbocycles. The number of esters is 1. The van der Waals surface area contributed by atoms with E-state index in [-0.39, 0.29) is 5.92 Å². The van der Waals surface area contributed by atoms with Gasteiger partial charge in [-0.1, -0.05) is 6.92 Å². The number of piperidine rings is 1. The molecule has 122 valence electrons. The van der Waals surface area contributed by atoms with Crippen LogP contribution in [0.2, 0.25) is 0 Å². The zero-order valence-electron chi connectivity index (χ0n) is 13.3. The monoisotopic (exact) mass is 307 g/mol. The summed E-state index contributed by atoms with van der Waals surface area (Å²) in [6, 6.07) is 4.19. The molecule has 0 amide bonds. The maximum absolute atomic E-state index is 11.4. The number of likely N-dealkylation sites (tertiary alicyclic amines) is 1. The fraction of sp³-hybridized carbons (Fsp3) is 0.706. The number of hydrogen-bond acceptors (Lipinski definition) is 5. The van der Waals surface area contributed by atoms with E-state index < -0.39 is 12.1 Å². The summed E-state index contributed by atoms with van der Waals surface area (Å²) in [5.74, 6) is 3.00. The van der Waals surface area contributed by atoms with Crippen molar-refractivity contribution in [1.82, 2.24) is 4.90 Å². The number of methoxy groups -OCH3 is 1. The molecule has 1 aliphatic carbocycles. The molecule has 2 heterocycles. The van der Waals surface area contributed by atoms with Gasteiger partial charge in [0.25, 0.3) is 0 Å². The summed E-state index contributed by atoms with van der Waals surface area (Å²) < 4.78 is 10.6. The first-order valence-corrected chi connectivity index (χ1v) is 8.15. The Morgan fingerprint density at radius 2 is 2.14 bits per heavy atom. The molecule has 1 N–H and O–H groups in total. The van der Waals surface area contributed by atoms with E-state index in [4.69, 9.17) is 4.42 Å². The van der Waals surface area contributed by atoms with Crippen LogP contribution in [0, 0.1) is 11.8 Å². The molecule has 5 heteroatoms. The van der Waals surface area contributed by atoms with E-state index in [9.17, 15) is 9.90 Å². The van der Waals surface area contributed by atoms with Gasteiger partial charge >= 0.3 is 5.97 Å². The minimum Gasteiger partial charge on any atom is -0.467 e. The summed E-state index contributed by atoms with van der Waals surface area (Å²) in [6.45, 7) is 4.80. The molecule has 3 atom stereocenters. The van der Waals surface area contributed by atoms with Crippen molar-refractivity contribution in [3.63, 3.8) is 0 Å². The van der Waals surface area contributed by atoms with E-state index in [0.29, 0.717) is 5.92 Å². The number of furan rings is 1. The SMILES string of the molecule is COC(=O)[C@H](O)C1CCN(Cc2ccc([C@@H]3C[C@@H]3C)o2)CC1. The molecule has 0 bridgehead atoms. The van der Waals surface area contributed by atoms with Crippen LogP contribution in [0.4, 0.5) is 0 Å². The molecule has 0 radical (unpaired) electrons. The Labute approximate surface area is 131 Å². The number of carbonyl (C=O) groups excluding carboxylic acids is 1. The van der Waals surface area contributed by atoms with Crippen molar-refractivity contribution in [2.45, 2.75) is 44.8 Å². The lowest BCUT2D eigenvalue weighted by Crippen LogP contribution is -2.40. The highest BCUT2D eigenvalue weighted by Crippen LogP contribution is 2.47. The Bertz CT molecular complexity index is 518. The lowest BCUT2D eigenvalue weighted by atomic mass is 9.91. The summed E-state index contributed by atoms with van der Waals surface area (Å²) >= 11 is 0. The summed E-state index contributed by atoms with van der Waals surface area (Å²) in [4.78, 5) is 13.7. The van der Waals surface area contributed by atoms with Crippen molar-refractivity contribution in [2.24, 2.45) is 11.8 Å². The molecule has 0 spiro atoms. The fourth-order valence-electron chi connectivity index (χ4n) is 3.36. The van der Waals surface area contributed by atoms with E-state index in [1.54, 1.807) is 0 Å². The van der Waals surface area contributed by atoms with Crippen molar-refractivity contribution in [1.29, 1.82) is 0 Å². The second-order valence-corrected chi connectivity index (χ2v) is 6.71. The van der Waals surface area contributed by atoms with Crippen LogP contribution >= 0.6 is 0 Å². The van der Waals surface area contributed by atoms with E-state index in [2.05, 4.69) is 28.7 Å². The first-order valence-electron chi connectivity index (χ1n) is 8.15. The third kappa shape index (κ3) is 3.36. The van der Waals surface area contributed by atoms with Crippen molar-refractivity contribution < 1.29 is 19.1 Å². The van der Waals surface area contributed by atoms with Crippen LogP contribution in [0.25, 0.3) is 0 Å². The zero-order valence-corrected chi connectivity index (χ0v) is 13.3. The average molecular weight is 307 g/mol. The van der Waals surface area contributed by atoms with Gasteiger partial charge in [0.05, 0.1) is 13.7 Å². The molecular formula is C17H25NO4. The molecular weight excluding hydrogens is 282 g/mol. The Morgan fingerprint density at radius 3 is 2.73 bits per heavy atom. The fourth-order valence-corrected chi connectivity index (χ4v) is 3.36. The quantitative estimate of drug-likeness (QED) is 0.845. The van der Waals surface area contributed by atoms with Crippen LogP contribution in [0.1, 0.15) is 43.6 Å². The second kappa shape index (κ2) is 6.42. The lowest BCUT2D eigenvalue weighted by molar-refractivity contribution is -0.154. The van der Waals surface area contributed by atoms with E-state index in [1.165, 1.54) is 13.5 Å². The van der Waals surface area contributed by atoms with Crippen molar-refractivity contribution in [2.75, 3.05) is 20.2 Å². The second-order valence-electron chi connectivity index (χ2n) is 6.71. The van der Waals surface area contributed by atoms with E-state index in [0.717, 1.165) is 49.9 Å². The smallest absolute Gasteiger partial charge is 0.334 e. The Morgan fingerprint density at radius 1 is 1.45 bits per heavy atom. The van der Waals surface area contributed by atoms with E-state index >= 15 is 0 Å². The Kier molecular flexibility index (Phi) is 4.54. The molecule has 1 aliphatic heterocycles. The molecule has 2 fully saturated rings. The van der Waals surface area contributed by atoms with Gasteiger partial charge in [-0.25, -0.2) is 4.79 Å². The van der Waals surface area contributed by atoms with Crippen LogP contribution in [-0.4, -0.2) is 42.3 Å². The number of aliphatic hydroxyl groups excluding tert-OH is 1. The van der Waals surface area contributed by atoms with Gasteiger partial charge in [0, 0.05) is 5.92 Å². The summed E-state index contributed by atoms with van der Waals surface area (Å²) in [7, 11) is 1.32. The predicted molar refractivity (Wildman–Crippen MR) is 81.3 cm³/mol. The normalized spacial score (nSPS) is 27.6. The minimum absolute atomic E-state index is 0.00294. The highest BCUT2D eigenvalue weighted by molar-refractivity contribution is 5.74. The summed E-state index contributed by atoms with van der Waals surface area (Å²) in [6.07, 6.45) is 1.87. The number of rotatable bonds is 5. The number of nitrogens with zero attached hydrogens (tertiary/aromatic N) is 1. The van der Waals surface area contributed by atoms with Gasteiger partial charge < -0.3 is 14.3 Å². The molecule has 1 aromatic rings. The third-order valence-corrected chi connectivity index (χ3v) is 5.06. The average Bonchev–Trinajstić information content (AvgIpc) is 3.08. The molecule has 1 saturated heterocycles. The highest BCUT2D eigenvalue weighted by Gasteiger charge is 2.36. The Hall–Kier alpha value is -1.33. The van der Waals surface area contributed by atoms with Crippen molar-refractivity contribution >= 4 is 5.97 Å². The highest BCUT2D eigenvalue weighted by atomic mass is 16.5. The van der Waals surface area contributed by atoms with Crippen molar-refractivity contribution in [3.8, 4) is 0 Å². The minimum atomic E-state index is -0.987. The van der Waals surface area contributed by atoms with Crippen molar-refractivity contribution in [3.05, 3.63) is 23.7 Å². The number of aliphatic hydroxyl groups is 1. The van der Waals surface area contributed by atoms with Gasteiger partial charge in [-0.2, -0.15) is 0 Å². The van der Waals surface area contributed by atoms with Gasteiger partial charge in [0.15, 0.2) is 6.10 Å². The Balaban J connectivity index is 1.47. The summed E-state index contributed by atoms with van der Waals surface area (Å²) in [5, 5.41) is 9.90. The topological polar surface area (TPSA) is 62.9 Å².